The maximum Gasteiger partial charge on any atom is 0.225 e. The molecule has 4 heterocycles. The topological polar surface area (TPSA) is 67.8 Å². The Bertz CT molecular complexity index is 712. The normalized spacial score (nSPS) is 25.7. The van der Waals surface area contributed by atoms with Crippen molar-refractivity contribution < 1.29 is 14.3 Å². The summed E-state index contributed by atoms with van der Waals surface area (Å²) in [5.41, 5.74) is 1.93. The van der Waals surface area contributed by atoms with Gasteiger partial charge in [-0.3, -0.25) is 4.79 Å². The van der Waals surface area contributed by atoms with Crippen LogP contribution in [-0.2, 0) is 26.3 Å². The summed E-state index contributed by atoms with van der Waals surface area (Å²) in [6.45, 7) is 12.0. The zero-order chi connectivity index (χ0) is 19.1. The zero-order valence-electron chi connectivity index (χ0n) is 16.7. The van der Waals surface area contributed by atoms with Gasteiger partial charge in [-0.1, -0.05) is 20.8 Å². The summed E-state index contributed by atoms with van der Waals surface area (Å²) in [6, 6.07) is 0. The van der Waals surface area contributed by atoms with E-state index in [0.29, 0.717) is 39.4 Å². The van der Waals surface area contributed by atoms with Crippen molar-refractivity contribution in [1.82, 2.24) is 14.9 Å². The van der Waals surface area contributed by atoms with Crippen molar-refractivity contribution >= 4 is 11.9 Å². The lowest BCUT2D eigenvalue weighted by Crippen LogP contribution is -2.43. The molecule has 0 saturated carbocycles. The molecule has 2 fully saturated rings. The Labute approximate surface area is 161 Å². The molecular formula is C20H30N4O3. The van der Waals surface area contributed by atoms with Crippen molar-refractivity contribution in [3.8, 4) is 0 Å². The largest absolute Gasteiger partial charge is 0.378 e. The number of likely N-dealkylation sites (tertiary alicyclic amines) is 1. The van der Waals surface area contributed by atoms with Gasteiger partial charge >= 0.3 is 0 Å². The molecule has 1 aromatic heterocycles. The van der Waals surface area contributed by atoms with Gasteiger partial charge in [0.2, 0.25) is 11.9 Å². The summed E-state index contributed by atoms with van der Waals surface area (Å²) in [5.74, 6) is 1.01. The average molecular weight is 374 g/mol. The van der Waals surface area contributed by atoms with Gasteiger partial charge in [-0.25, -0.2) is 9.97 Å². The molecule has 0 aliphatic carbocycles. The van der Waals surface area contributed by atoms with Crippen molar-refractivity contribution in [3.05, 3.63) is 17.5 Å². The van der Waals surface area contributed by atoms with Gasteiger partial charge in [0, 0.05) is 44.4 Å². The number of nitrogens with zero attached hydrogens (tertiary/aromatic N) is 4. The van der Waals surface area contributed by atoms with E-state index in [-0.39, 0.29) is 16.7 Å². The minimum Gasteiger partial charge on any atom is -0.378 e. The molecule has 27 heavy (non-hydrogen) atoms. The predicted molar refractivity (Wildman–Crippen MR) is 102 cm³/mol. The summed E-state index contributed by atoms with van der Waals surface area (Å²) < 4.78 is 11.3. The van der Waals surface area contributed by atoms with Crippen molar-refractivity contribution in [2.24, 2.45) is 5.41 Å². The highest BCUT2D eigenvalue weighted by Gasteiger charge is 2.46. The molecule has 2 saturated heterocycles. The fourth-order valence-corrected chi connectivity index (χ4v) is 4.26. The third-order valence-electron chi connectivity index (χ3n) is 5.67. The van der Waals surface area contributed by atoms with E-state index in [2.05, 4.69) is 30.7 Å². The number of ether oxygens (including phenoxy) is 2. The maximum absolute atomic E-state index is 12.7. The minimum absolute atomic E-state index is 0.000514. The first-order valence-corrected chi connectivity index (χ1v) is 9.91. The van der Waals surface area contributed by atoms with E-state index in [1.807, 2.05) is 11.1 Å². The molecule has 1 amide bonds. The van der Waals surface area contributed by atoms with Crippen LogP contribution in [0.2, 0.25) is 0 Å². The molecule has 1 atom stereocenters. The minimum atomic E-state index is -0.203. The van der Waals surface area contributed by atoms with Gasteiger partial charge in [-0.15, -0.1) is 0 Å². The highest BCUT2D eigenvalue weighted by molar-refractivity contribution is 5.77. The summed E-state index contributed by atoms with van der Waals surface area (Å²) in [4.78, 5) is 26.5. The van der Waals surface area contributed by atoms with E-state index in [1.54, 1.807) is 0 Å². The molecule has 1 spiro atoms. The summed E-state index contributed by atoms with van der Waals surface area (Å²) in [7, 11) is 0. The molecule has 0 radical (unpaired) electrons. The Morgan fingerprint density at radius 3 is 2.74 bits per heavy atom. The number of aromatic nitrogens is 2. The molecule has 4 rings (SSSR count). The van der Waals surface area contributed by atoms with Crippen molar-refractivity contribution in [1.29, 1.82) is 0 Å². The standard InChI is InChI=1S/C20H30N4O3/c1-19(2,3)10-16(25)24-5-4-20(13-24)14-27-12-15-11-21-18(22-17(15)20)23-6-8-26-9-7-23/h11H,4-10,12-14H2,1-3H3/t20-/m1/s1. The molecule has 0 unspecified atom stereocenters. The van der Waals surface area contributed by atoms with E-state index >= 15 is 0 Å². The highest BCUT2D eigenvalue weighted by atomic mass is 16.5. The molecule has 1 aromatic rings. The number of morpholine rings is 1. The third kappa shape index (κ3) is 3.80. The van der Waals surface area contributed by atoms with Crippen molar-refractivity contribution in [2.75, 3.05) is 50.9 Å². The van der Waals surface area contributed by atoms with Crippen LogP contribution < -0.4 is 4.90 Å². The van der Waals surface area contributed by atoms with E-state index in [9.17, 15) is 4.79 Å². The lowest BCUT2D eigenvalue weighted by atomic mass is 9.80. The first-order valence-electron chi connectivity index (χ1n) is 9.91. The van der Waals surface area contributed by atoms with Gasteiger partial charge in [-0.2, -0.15) is 0 Å². The fraction of sp³-hybridized carbons (Fsp3) is 0.750. The van der Waals surface area contributed by atoms with Crippen molar-refractivity contribution in [2.45, 2.75) is 45.6 Å². The Kier molecular flexibility index (Phi) is 4.84. The predicted octanol–water partition coefficient (Wildman–Crippen LogP) is 1.75. The van der Waals surface area contributed by atoms with Gasteiger partial charge in [0.25, 0.3) is 0 Å². The monoisotopic (exact) mass is 374 g/mol. The molecule has 3 aliphatic heterocycles. The van der Waals surface area contributed by atoms with Crippen LogP contribution in [0.3, 0.4) is 0 Å². The second-order valence-corrected chi connectivity index (χ2v) is 9.22. The molecular weight excluding hydrogens is 344 g/mol. The molecule has 7 nitrogen and oxygen atoms in total. The van der Waals surface area contributed by atoms with Crippen molar-refractivity contribution in [3.63, 3.8) is 0 Å². The Balaban J connectivity index is 1.58. The Hall–Kier alpha value is -1.73. The van der Waals surface area contributed by atoms with Gasteiger partial charge < -0.3 is 19.3 Å². The number of hydrogen-bond acceptors (Lipinski definition) is 6. The second kappa shape index (κ2) is 7.02. The van der Waals surface area contributed by atoms with E-state index in [0.717, 1.165) is 43.3 Å². The summed E-state index contributed by atoms with van der Waals surface area (Å²) >= 11 is 0. The highest BCUT2D eigenvalue weighted by Crippen LogP contribution is 2.40. The van der Waals surface area contributed by atoms with Crippen LogP contribution in [0.15, 0.2) is 6.20 Å². The molecule has 7 heteroatoms. The number of carbonyl (C=O) groups is 1. The van der Waals surface area contributed by atoms with Gasteiger partial charge in [0.15, 0.2) is 0 Å². The summed E-state index contributed by atoms with van der Waals surface area (Å²) in [5, 5.41) is 0. The van der Waals surface area contributed by atoms with Crippen LogP contribution >= 0.6 is 0 Å². The molecule has 0 aromatic carbocycles. The number of hydrogen-bond donors (Lipinski definition) is 0. The van der Waals surface area contributed by atoms with Crippen LogP contribution in [0.25, 0.3) is 0 Å². The van der Waals surface area contributed by atoms with Crippen LogP contribution in [0.5, 0.6) is 0 Å². The van der Waals surface area contributed by atoms with Crippen LogP contribution in [0, 0.1) is 5.41 Å². The zero-order valence-corrected chi connectivity index (χ0v) is 16.7. The fourth-order valence-electron chi connectivity index (χ4n) is 4.26. The Morgan fingerprint density at radius 1 is 1.22 bits per heavy atom. The second-order valence-electron chi connectivity index (χ2n) is 9.22. The first-order chi connectivity index (χ1) is 12.9. The lowest BCUT2D eigenvalue weighted by molar-refractivity contribution is -0.132. The van der Waals surface area contributed by atoms with Gasteiger partial charge in [-0.05, 0) is 11.8 Å². The Morgan fingerprint density at radius 2 is 2.00 bits per heavy atom. The molecule has 0 bridgehead atoms. The quantitative estimate of drug-likeness (QED) is 0.786. The maximum atomic E-state index is 12.7. The molecule has 148 valence electrons. The van der Waals surface area contributed by atoms with Crippen LogP contribution in [0.1, 0.15) is 44.9 Å². The molecule has 0 N–H and O–H groups in total. The average Bonchev–Trinajstić information content (AvgIpc) is 3.06. The van der Waals surface area contributed by atoms with Gasteiger partial charge in [0.05, 0.1) is 37.5 Å². The first kappa shape index (κ1) is 18.6. The lowest BCUT2D eigenvalue weighted by Gasteiger charge is -2.35. The van der Waals surface area contributed by atoms with E-state index < -0.39 is 0 Å². The molecule has 3 aliphatic rings. The SMILES string of the molecule is CC(C)(C)CC(=O)N1CC[C@]2(COCc3cnc(N4CCOCC4)nc32)C1. The number of anilines is 1. The van der Waals surface area contributed by atoms with E-state index in [4.69, 9.17) is 14.5 Å². The smallest absolute Gasteiger partial charge is 0.225 e. The number of rotatable bonds is 2. The van der Waals surface area contributed by atoms with Crippen LogP contribution in [0.4, 0.5) is 5.95 Å². The number of amides is 1. The van der Waals surface area contributed by atoms with Gasteiger partial charge in [0.1, 0.15) is 0 Å². The van der Waals surface area contributed by atoms with Crippen LogP contribution in [-0.4, -0.2) is 66.8 Å². The van der Waals surface area contributed by atoms with E-state index in [1.165, 1.54) is 0 Å². The summed E-state index contributed by atoms with van der Waals surface area (Å²) in [6.07, 6.45) is 3.38. The number of fused-ring (bicyclic) bond motifs is 2. The number of carbonyl (C=O) groups excluding carboxylic acids is 1. The third-order valence-corrected chi connectivity index (χ3v) is 5.67.